The van der Waals surface area contributed by atoms with Gasteiger partial charge in [-0.3, -0.25) is 4.79 Å². The van der Waals surface area contributed by atoms with Crippen LogP contribution < -0.4 is 4.90 Å². The highest BCUT2D eigenvalue weighted by molar-refractivity contribution is 5.77. The number of likely N-dealkylation sites (tertiary alicyclic amines) is 1. The van der Waals surface area contributed by atoms with Crippen molar-refractivity contribution in [1.82, 2.24) is 24.7 Å². The van der Waals surface area contributed by atoms with Crippen molar-refractivity contribution in [2.75, 3.05) is 37.7 Å². The number of piperidine rings is 2. The fourth-order valence-electron chi connectivity index (χ4n) is 4.52. The quantitative estimate of drug-likeness (QED) is 0.874. The average Bonchev–Trinajstić information content (AvgIpc) is 3.13. The summed E-state index contributed by atoms with van der Waals surface area (Å²) in [6, 6.07) is 2.15. The van der Waals surface area contributed by atoms with Crippen molar-refractivity contribution >= 4 is 17.2 Å². The van der Waals surface area contributed by atoms with Crippen LogP contribution in [-0.4, -0.2) is 68.5 Å². The number of aromatic nitrogens is 4. The first kappa shape index (κ1) is 18.2. The Morgan fingerprint density at radius 1 is 1.30 bits per heavy atom. The van der Waals surface area contributed by atoms with Gasteiger partial charge in [-0.15, -0.1) is 10.2 Å². The van der Waals surface area contributed by atoms with Crippen LogP contribution in [0.25, 0.3) is 5.65 Å². The van der Waals surface area contributed by atoms with Gasteiger partial charge in [-0.2, -0.15) is 9.61 Å². The topological polar surface area (TPSA) is 86.9 Å². The molecule has 1 atom stereocenters. The van der Waals surface area contributed by atoms with Crippen LogP contribution in [0.5, 0.6) is 0 Å². The molecular formula is C19H28N6O2. The Kier molecular flexibility index (Phi) is 4.75. The van der Waals surface area contributed by atoms with Gasteiger partial charge in [0.05, 0.1) is 18.0 Å². The summed E-state index contributed by atoms with van der Waals surface area (Å²) in [6.45, 7) is 7.33. The first-order valence-corrected chi connectivity index (χ1v) is 9.86. The van der Waals surface area contributed by atoms with E-state index >= 15 is 0 Å². The fourth-order valence-corrected chi connectivity index (χ4v) is 4.52. The van der Waals surface area contributed by atoms with Gasteiger partial charge in [-0.05, 0) is 31.2 Å². The maximum atomic E-state index is 12.2. The molecule has 0 aromatic carbocycles. The third kappa shape index (κ3) is 3.38. The van der Waals surface area contributed by atoms with E-state index in [-0.39, 0.29) is 17.9 Å². The minimum atomic E-state index is 0.0218. The summed E-state index contributed by atoms with van der Waals surface area (Å²) >= 11 is 0. The molecule has 1 unspecified atom stereocenters. The highest BCUT2D eigenvalue weighted by Crippen LogP contribution is 2.41. The summed E-state index contributed by atoms with van der Waals surface area (Å²) in [5.74, 6) is 0.485. The van der Waals surface area contributed by atoms with Gasteiger partial charge in [0.25, 0.3) is 0 Å². The largest absolute Gasteiger partial charge is 0.395 e. The Balaban J connectivity index is 1.65. The van der Waals surface area contributed by atoms with E-state index in [4.69, 9.17) is 0 Å². The smallest absolute Gasteiger partial charge is 0.222 e. The van der Waals surface area contributed by atoms with Crippen molar-refractivity contribution in [1.29, 1.82) is 0 Å². The zero-order valence-electron chi connectivity index (χ0n) is 16.1. The van der Waals surface area contributed by atoms with Crippen molar-refractivity contribution < 1.29 is 9.90 Å². The molecule has 4 rings (SSSR count). The number of hydrogen-bond donors (Lipinski definition) is 1. The molecule has 2 aromatic heterocycles. The van der Waals surface area contributed by atoms with Crippen molar-refractivity contribution in [2.45, 2.75) is 45.4 Å². The highest BCUT2D eigenvalue weighted by Gasteiger charge is 2.42. The van der Waals surface area contributed by atoms with Crippen molar-refractivity contribution in [3.63, 3.8) is 0 Å². The summed E-state index contributed by atoms with van der Waals surface area (Å²) in [7, 11) is 0. The van der Waals surface area contributed by atoms with Crippen LogP contribution in [0.4, 0.5) is 5.69 Å². The van der Waals surface area contributed by atoms with Crippen LogP contribution in [0, 0.1) is 5.41 Å². The Labute approximate surface area is 159 Å². The predicted octanol–water partition coefficient (Wildman–Crippen LogP) is 1.45. The first-order valence-electron chi connectivity index (χ1n) is 9.86. The van der Waals surface area contributed by atoms with Gasteiger partial charge in [0, 0.05) is 38.0 Å². The molecule has 1 spiro atoms. The summed E-state index contributed by atoms with van der Waals surface area (Å²) in [6.07, 6.45) is 5.34. The number of rotatable bonds is 4. The lowest BCUT2D eigenvalue weighted by atomic mass is 9.73. The molecule has 8 heteroatoms. The van der Waals surface area contributed by atoms with E-state index in [1.165, 1.54) is 0 Å². The summed E-state index contributed by atoms with van der Waals surface area (Å²) in [5.41, 5.74) is 2.98. The Hall–Kier alpha value is -2.22. The van der Waals surface area contributed by atoms with Crippen molar-refractivity contribution in [2.24, 2.45) is 5.41 Å². The lowest BCUT2D eigenvalue weighted by molar-refractivity contribution is -0.138. The predicted molar refractivity (Wildman–Crippen MR) is 102 cm³/mol. The molecule has 2 saturated heterocycles. The van der Waals surface area contributed by atoms with Crippen molar-refractivity contribution in [3.05, 3.63) is 18.1 Å². The van der Waals surface area contributed by atoms with Crippen LogP contribution in [0.15, 0.2) is 12.4 Å². The summed E-state index contributed by atoms with van der Waals surface area (Å²) in [4.78, 5) is 16.4. The number of nitrogens with zero attached hydrogens (tertiary/aromatic N) is 6. The monoisotopic (exact) mass is 372 g/mol. The molecule has 1 amide bonds. The van der Waals surface area contributed by atoms with Crippen LogP contribution in [0.3, 0.4) is 0 Å². The van der Waals surface area contributed by atoms with Crippen LogP contribution in [0.2, 0.25) is 0 Å². The molecule has 4 heterocycles. The molecule has 0 aliphatic carbocycles. The van der Waals surface area contributed by atoms with E-state index in [1.54, 1.807) is 10.8 Å². The van der Waals surface area contributed by atoms with E-state index in [0.717, 1.165) is 55.9 Å². The molecule has 0 bridgehead atoms. The van der Waals surface area contributed by atoms with Gasteiger partial charge in [0.15, 0.2) is 0 Å². The molecule has 8 nitrogen and oxygen atoms in total. The number of anilines is 1. The number of carbonyl (C=O) groups excluding carboxylic acids is 1. The van der Waals surface area contributed by atoms with E-state index in [9.17, 15) is 9.90 Å². The molecule has 27 heavy (non-hydrogen) atoms. The third-order valence-electron chi connectivity index (χ3n) is 5.98. The number of hydrogen-bond acceptors (Lipinski definition) is 6. The molecular weight excluding hydrogens is 344 g/mol. The summed E-state index contributed by atoms with van der Waals surface area (Å²) in [5, 5.41) is 22.3. The van der Waals surface area contributed by atoms with Gasteiger partial charge in [-0.1, -0.05) is 13.8 Å². The van der Waals surface area contributed by atoms with Crippen LogP contribution in [-0.2, 0) is 4.79 Å². The number of carbonyl (C=O) groups is 1. The molecule has 2 aromatic rings. The van der Waals surface area contributed by atoms with Crippen LogP contribution in [0.1, 0.15) is 51.1 Å². The maximum absolute atomic E-state index is 12.2. The van der Waals surface area contributed by atoms with E-state index in [1.807, 2.05) is 4.90 Å². The molecule has 1 N–H and O–H groups in total. The van der Waals surface area contributed by atoms with E-state index in [0.29, 0.717) is 18.9 Å². The minimum Gasteiger partial charge on any atom is -0.395 e. The number of amides is 1. The Morgan fingerprint density at radius 3 is 2.93 bits per heavy atom. The Bertz CT molecular complexity index is 835. The fraction of sp³-hybridized carbons (Fsp3) is 0.684. The van der Waals surface area contributed by atoms with Gasteiger partial charge in [-0.25, -0.2) is 0 Å². The molecule has 0 saturated carbocycles. The molecule has 146 valence electrons. The Morgan fingerprint density at radius 2 is 2.15 bits per heavy atom. The normalized spacial score (nSPS) is 23.8. The van der Waals surface area contributed by atoms with Crippen molar-refractivity contribution in [3.8, 4) is 0 Å². The standard InChI is InChI=1S/C19H28N6O2/c1-14(2)15-10-16(18-21-20-13-25(18)22-15)23-7-3-5-19(11-23)6-4-17(27)24(12-19)8-9-26/h10,13-14,26H,3-9,11-12H2,1-2H3. The number of aliphatic hydroxyl groups excluding tert-OH is 1. The van der Waals surface area contributed by atoms with Crippen LogP contribution >= 0.6 is 0 Å². The van der Waals surface area contributed by atoms with E-state index in [2.05, 4.69) is 40.1 Å². The third-order valence-corrected chi connectivity index (χ3v) is 5.98. The second kappa shape index (κ2) is 7.07. The van der Waals surface area contributed by atoms with Gasteiger partial charge in [0.1, 0.15) is 6.33 Å². The first-order chi connectivity index (χ1) is 13.0. The number of fused-ring (bicyclic) bond motifs is 1. The second-order valence-electron chi connectivity index (χ2n) is 8.27. The lowest BCUT2D eigenvalue weighted by Gasteiger charge is -2.48. The number of β-amino-alcohol motifs (C(OH)–C–C–N with tert-alkyl or cyclic N) is 1. The molecule has 2 aliphatic rings. The second-order valence-corrected chi connectivity index (χ2v) is 8.27. The van der Waals surface area contributed by atoms with E-state index < -0.39 is 0 Å². The molecule has 2 aliphatic heterocycles. The van der Waals surface area contributed by atoms with Gasteiger partial charge in [0.2, 0.25) is 11.6 Å². The van der Waals surface area contributed by atoms with Gasteiger partial charge < -0.3 is 14.9 Å². The molecule has 2 fully saturated rings. The van der Waals surface area contributed by atoms with Gasteiger partial charge >= 0.3 is 0 Å². The zero-order chi connectivity index (χ0) is 19.0. The zero-order valence-corrected chi connectivity index (χ0v) is 16.1. The average molecular weight is 372 g/mol. The number of aliphatic hydroxyl groups is 1. The lowest BCUT2D eigenvalue weighted by Crippen LogP contribution is -2.54. The highest BCUT2D eigenvalue weighted by atomic mass is 16.3. The minimum absolute atomic E-state index is 0.0218. The SMILES string of the molecule is CC(C)c1cc(N2CCCC3(CCC(=O)N(CCO)C3)C2)c2nncn2n1. The maximum Gasteiger partial charge on any atom is 0.222 e. The summed E-state index contributed by atoms with van der Waals surface area (Å²) < 4.78 is 1.77. The molecule has 0 radical (unpaired) electrons.